The fraction of sp³-hybridized carbons (Fsp3) is 0.561. The van der Waals surface area contributed by atoms with E-state index in [0.717, 1.165) is 78.0 Å². The van der Waals surface area contributed by atoms with Crippen LogP contribution in [0, 0.1) is 0 Å². The van der Waals surface area contributed by atoms with Crippen molar-refractivity contribution in [1.82, 2.24) is 88.4 Å². The zero-order chi connectivity index (χ0) is 58.9. The number of hydrogen-bond donors (Lipinski definition) is 2. The molecule has 6 aromatic heterocycles. The summed E-state index contributed by atoms with van der Waals surface area (Å²) in [6.07, 6.45) is 1.00. The molecular formula is C57H70F4N20O5. The van der Waals surface area contributed by atoms with Crippen molar-refractivity contribution >= 4 is 62.3 Å². The Balaban J connectivity index is 0.696. The number of hydrogen-bond acceptors (Lipinski definition) is 19. The number of morpholine rings is 2. The second-order valence-corrected chi connectivity index (χ2v) is 23.2. The molecule has 6 saturated heterocycles. The third-order valence-electron chi connectivity index (χ3n) is 18.2. The molecule has 25 nitrogen and oxygen atoms in total. The van der Waals surface area contributed by atoms with E-state index in [1.54, 1.807) is 24.3 Å². The molecule has 0 spiro atoms. The highest BCUT2D eigenvalue weighted by atomic mass is 19.3. The zero-order valence-corrected chi connectivity index (χ0v) is 48.6. The number of likely N-dealkylation sites (tertiary alicyclic amines) is 2. The van der Waals surface area contributed by atoms with Gasteiger partial charge in [-0.1, -0.05) is 0 Å². The molecule has 0 saturated carbocycles. The number of anilines is 2. The van der Waals surface area contributed by atoms with E-state index in [9.17, 15) is 17.6 Å². The molecule has 2 amide bonds. The quantitative estimate of drug-likeness (QED) is 0.137. The molecule has 14 rings (SSSR count). The lowest BCUT2D eigenvalue weighted by Gasteiger charge is -2.52. The van der Waals surface area contributed by atoms with Crippen LogP contribution in [0.2, 0.25) is 0 Å². The van der Waals surface area contributed by atoms with Gasteiger partial charge in [-0.05, 0) is 64.0 Å². The Hall–Kier alpha value is -7.57. The lowest BCUT2D eigenvalue weighted by atomic mass is 10.0. The van der Waals surface area contributed by atoms with E-state index in [1.165, 1.54) is 14.2 Å². The fourth-order valence-electron chi connectivity index (χ4n) is 13.6. The number of ether oxygens (including phenoxy) is 4. The molecular weight excluding hydrogens is 1120 g/mol. The molecule has 2 aromatic carbocycles. The molecule has 6 fully saturated rings. The van der Waals surface area contributed by atoms with Gasteiger partial charge in [-0.3, -0.25) is 9.80 Å². The predicted molar refractivity (Wildman–Crippen MR) is 311 cm³/mol. The van der Waals surface area contributed by atoms with Crippen LogP contribution in [0.4, 0.5) is 34.3 Å². The van der Waals surface area contributed by atoms with Crippen LogP contribution >= 0.6 is 0 Å². The minimum Gasteiger partial charge on any atom is -0.494 e. The van der Waals surface area contributed by atoms with E-state index in [0.29, 0.717) is 145 Å². The lowest BCUT2D eigenvalue weighted by molar-refractivity contribution is -0.0456. The van der Waals surface area contributed by atoms with Gasteiger partial charge in [-0.15, -0.1) is 0 Å². The molecule has 0 radical (unpaired) electrons. The van der Waals surface area contributed by atoms with Gasteiger partial charge in [0.15, 0.2) is 34.4 Å². The van der Waals surface area contributed by atoms with Crippen molar-refractivity contribution in [2.24, 2.45) is 0 Å². The van der Waals surface area contributed by atoms with E-state index in [1.807, 2.05) is 12.7 Å². The number of imidazole rings is 4. The van der Waals surface area contributed by atoms with E-state index < -0.39 is 24.5 Å². The van der Waals surface area contributed by atoms with E-state index in [2.05, 4.69) is 82.4 Å². The number of carbonyl (C=O) groups is 1. The van der Waals surface area contributed by atoms with Crippen LogP contribution in [0.15, 0.2) is 36.9 Å². The number of amides is 2. The van der Waals surface area contributed by atoms with Crippen molar-refractivity contribution in [3.05, 3.63) is 48.6 Å². The van der Waals surface area contributed by atoms with Crippen molar-refractivity contribution in [2.75, 3.05) is 156 Å². The first-order valence-electron chi connectivity index (χ1n) is 29.7. The number of alkyl halides is 4. The molecule has 8 aromatic rings. The molecule has 6 aliphatic heterocycles. The van der Waals surface area contributed by atoms with Gasteiger partial charge in [0.1, 0.15) is 33.5 Å². The van der Waals surface area contributed by atoms with Crippen LogP contribution < -0.4 is 19.3 Å². The van der Waals surface area contributed by atoms with Crippen molar-refractivity contribution in [3.63, 3.8) is 0 Å². The van der Waals surface area contributed by atoms with Crippen LogP contribution in [0.1, 0.15) is 62.3 Å². The van der Waals surface area contributed by atoms with Crippen LogP contribution in [0.3, 0.4) is 0 Å². The number of urea groups is 1. The number of halogens is 4. The predicted octanol–water partition coefficient (Wildman–Crippen LogP) is 5.86. The summed E-state index contributed by atoms with van der Waals surface area (Å²) >= 11 is 0. The number of benzene rings is 2. The van der Waals surface area contributed by atoms with Gasteiger partial charge in [0.2, 0.25) is 11.9 Å². The minimum atomic E-state index is -2.78. The van der Waals surface area contributed by atoms with Gasteiger partial charge in [0.05, 0.1) is 76.7 Å². The van der Waals surface area contributed by atoms with Gasteiger partial charge in [-0.2, -0.15) is 9.97 Å². The maximum Gasteiger partial charge on any atom is 0.322 e. The largest absolute Gasteiger partial charge is 0.494 e. The number of likely N-dealkylation sites (N-methyl/N-ethyl adjacent to an activating group) is 2. The first-order chi connectivity index (χ1) is 41.9. The van der Waals surface area contributed by atoms with Gasteiger partial charge in [0.25, 0.3) is 12.9 Å². The number of methoxy groups -OCH3 is 2. The number of aromatic nitrogens is 12. The third kappa shape index (κ3) is 10.2. The maximum atomic E-state index is 15.4. The molecule has 2 unspecified atom stereocenters. The number of rotatable bonds is 12. The van der Waals surface area contributed by atoms with Crippen LogP contribution in [-0.4, -0.2) is 253 Å². The summed E-state index contributed by atoms with van der Waals surface area (Å²) in [5, 5.41) is 0. The standard InChI is InChI=1S/C57H70F4N20O5/c1-72-17-19-78(39(29-72)74-13-9-33(10-14-74)80-31-62-45-41(68-55(70-53(45)80)76-21-25-85-26-22-76)35-5-7-37-43(47(35)83-3)66-51(64-37)49(58)59)57(82)79-20-18-73(2)30-40(79)75-15-11-34(12-16-75)81-32-63-46-42(69-56(71-54(46)81)77-23-27-86-28-24-77)36-6-8-38-44(48(36)84-4)67-52(65-38)50(60)61/h5-8,31-34,39-40,49-50H,9-30H2,1-4H3,(H,64,66)(H,65,67). The number of nitrogens with zero attached hydrogens (tertiary/aromatic N) is 18. The molecule has 2 N–H and O–H groups in total. The van der Waals surface area contributed by atoms with Crippen molar-refractivity contribution in [1.29, 1.82) is 0 Å². The average molecular weight is 1190 g/mol. The normalized spacial score (nSPS) is 21.7. The number of carbonyl (C=O) groups excluding carboxylic acids is 1. The van der Waals surface area contributed by atoms with Crippen molar-refractivity contribution in [3.8, 4) is 34.0 Å². The second-order valence-electron chi connectivity index (χ2n) is 23.2. The third-order valence-corrected chi connectivity index (χ3v) is 18.2. The molecule has 29 heteroatoms. The summed E-state index contributed by atoms with van der Waals surface area (Å²) in [4.78, 5) is 77.7. The molecule has 86 heavy (non-hydrogen) atoms. The van der Waals surface area contributed by atoms with Crippen LogP contribution in [-0.2, 0) is 9.47 Å². The summed E-state index contributed by atoms with van der Waals surface area (Å²) in [6, 6.07) is 7.20. The molecule has 456 valence electrons. The smallest absolute Gasteiger partial charge is 0.322 e. The SMILES string of the molecule is COc1c(-c2nc(N3CCOCC3)nc3c2ncn3C2CCN(C3CN(C)CCN3C(=O)N3CCN(C)CC3N3CCC(n4cnc5c(-c6ccc7[nH]c(C(F)F)nc7c6OC)nc(N6CCOCC6)nc54)CC3)CC2)ccc2[nH]c(C(F)F)nc12. The van der Waals surface area contributed by atoms with E-state index in [-0.39, 0.29) is 41.5 Å². The Bertz CT molecular complexity index is 3530. The second kappa shape index (κ2) is 23.3. The monoisotopic (exact) mass is 1190 g/mol. The minimum absolute atomic E-state index is 0.0459. The highest BCUT2D eigenvalue weighted by Crippen LogP contribution is 2.43. The fourth-order valence-corrected chi connectivity index (χ4v) is 13.6. The topological polar surface area (TPSA) is 224 Å². The number of aromatic amines is 2. The Labute approximate surface area is 492 Å². The number of piperidine rings is 2. The summed E-state index contributed by atoms with van der Waals surface area (Å²) in [5.74, 6) is 0.805. The maximum absolute atomic E-state index is 15.4. The molecule has 0 bridgehead atoms. The van der Waals surface area contributed by atoms with Crippen molar-refractivity contribution in [2.45, 2.75) is 62.9 Å². The first-order valence-corrected chi connectivity index (χ1v) is 29.7. The Morgan fingerprint density at radius 3 is 1.33 bits per heavy atom. The Morgan fingerprint density at radius 1 is 0.535 bits per heavy atom. The van der Waals surface area contributed by atoms with Crippen LogP contribution in [0.5, 0.6) is 11.5 Å². The first kappa shape index (κ1) is 56.3. The summed E-state index contributed by atoms with van der Waals surface area (Å²) < 4.78 is 82.9. The summed E-state index contributed by atoms with van der Waals surface area (Å²) in [7, 11) is 7.26. The molecule has 2 atom stereocenters. The van der Waals surface area contributed by atoms with E-state index >= 15 is 4.79 Å². The summed E-state index contributed by atoms with van der Waals surface area (Å²) in [6.45, 7) is 11.7. The Morgan fingerprint density at radius 2 is 0.942 bits per heavy atom. The molecule has 0 aliphatic carbocycles. The molecule has 12 heterocycles. The van der Waals surface area contributed by atoms with Crippen LogP contribution in [0.25, 0.3) is 66.9 Å². The average Bonchev–Trinajstić information content (AvgIpc) is 1.66. The lowest BCUT2D eigenvalue weighted by Crippen LogP contribution is -2.69. The van der Waals surface area contributed by atoms with Gasteiger partial charge >= 0.3 is 6.03 Å². The van der Waals surface area contributed by atoms with Crippen molar-refractivity contribution < 1.29 is 41.3 Å². The zero-order valence-electron chi connectivity index (χ0n) is 48.6. The number of H-pyrrole nitrogens is 2. The Kier molecular flexibility index (Phi) is 15.2. The molecule has 6 aliphatic rings. The number of piperazine rings is 2. The number of fused-ring (bicyclic) bond motifs is 4. The van der Waals surface area contributed by atoms with Gasteiger partial charge in [0, 0.05) is 115 Å². The van der Waals surface area contributed by atoms with E-state index in [4.69, 9.17) is 48.9 Å². The van der Waals surface area contributed by atoms with Gasteiger partial charge < -0.3 is 67.4 Å². The highest BCUT2D eigenvalue weighted by Gasteiger charge is 2.43. The van der Waals surface area contributed by atoms with Gasteiger partial charge in [-0.25, -0.2) is 52.3 Å². The highest BCUT2D eigenvalue weighted by molar-refractivity contribution is 5.98. The summed E-state index contributed by atoms with van der Waals surface area (Å²) in [5.41, 5.74) is 6.08. The number of nitrogens with one attached hydrogen (secondary N) is 2.